The SMILES string of the molecule is C[C@H](Cn1cc(Br)cn1)C(=O)Nc1sc2c(c1C#N)CC[C@H](C(C)(C)C)C2. The van der Waals surface area contributed by atoms with Crippen molar-refractivity contribution in [3.8, 4) is 6.07 Å². The van der Waals surface area contributed by atoms with E-state index < -0.39 is 0 Å². The van der Waals surface area contributed by atoms with E-state index in [2.05, 4.69) is 53.2 Å². The highest BCUT2D eigenvalue weighted by atomic mass is 79.9. The van der Waals surface area contributed by atoms with Gasteiger partial charge in [0.2, 0.25) is 5.91 Å². The van der Waals surface area contributed by atoms with Gasteiger partial charge in [-0.25, -0.2) is 0 Å². The third-order valence-corrected chi connectivity index (χ3v) is 6.93. The van der Waals surface area contributed by atoms with Gasteiger partial charge in [0.15, 0.2) is 0 Å². The van der Waals surface area contributed by atoms with Crippen LogP contribution >= 0.6 is 27.3 Å². The van der Waals surface area contributed by atoms with Gasteiger partial charge in [0, 0.05) is 11.1 Å². The van der Waals surface area contributed by atoms with Crippen LogP contribution in [0.2, 0.25) is 0 Å². The molecular formula is C20H25BrN4OS. The number of carbonyl (C=O) groups excluding carboxylic acids is 1. The molecule has 0 aliphatic heterocycles. The van der Waals surface area contributed by atoms with E-state index in [1.54, 1.807) is 22.2 Å². The number of nitrogens with one attached hydrogen (secondary N) is 1. The topological polar surface area (TPSA) is 70.7 Å². The van der Waals surface area contributed by atoms with Crippen molar-refractivity contribution in [2.45, 2.75) is 53.5 Å². The van der Waals surface area contributed by atoms with Gasteiger partial charge in [-0.2, -0.15) is 10.4 Å². The minimum atomic E-state index is -0.246. The fourth-order valence-corrected chi connectivity index (χ4v) is 5.18. The lowest BCUT2D eigenvalue weighted by atomic mass is 9.72. The van der Waals surface area contributed by atoms with Gasteiger partial charge in [-0.1, -0.05) is 27.7 Å². The smallest absolute Gasteiger partial charge is 0.229 e. The first kappa shape index (κ1) is 20.1. The maximum absolute atomic E-state index is 12.7. The molecule has 0 saturated heterocycles. The largest absolute Gasteiger partial charge is 0.316 e. The van der Waals surface area contributed by atoms with Gasteiger partial charge in [-0.05, 0) is 52.1 Å². The number of rotatable bonds is 4. The molecule has 5 nitrogen and oxygen atoms in total. The number of carbonyl (C=O) groups is 1. The van der Waals surface area contributed by atoms with Crippen LogP contribution in [0.5, 0.6) is 0 Å². The summed E-state index contributed by atoms with van der Waals surface area (Å²) in [5.41, 5.74) is 2.05. The molecule has 0 fully saturated rings. The molecule has 144 valence electrons. The molecule has 2 atom stereocenters. The Labute approximate surface area is 172 Å². The van der Waals surface area contributed by atoms with E-state index in [1.807, 2.05) is 13.1 Å². The lowest BCUT2D eigenvalue weighted by Crippen LogP contribution is -2.26. The van der Waals surface area contributed by atoms with E-state index in [4.69, 9.17) is 0 Å². The Morgan fingerprint density at radius 1 is 1.56 bits per heavy atom. The average molecular weight is 449 g/mol. The van der Waals surface area contributed by atoms with Crippen molar-refractivity contribution in [1.29, 1.82) is 5.26 Å². The molecule has 1 amide bonds. The monoisotopic (exact) mass is 448 g/mol. The summed E-state index contributed by atoms with van der Waals surface area (Å²) < 4.78 is 2.63. The van der Waals surface area contributed by atoms with Gasteiger partial charge >= 0.3 is 0 Å². The number of aromatic nitrogens is 2. The zero-order chi connectivity index (χ0) is 19.8. The summed E-state index contributed by atoms with van der Waals surface area (Å²) in [6.07, 6.45) is 6.56. The Morgan fingerprint density at radius 2 is 2.30 bits per heavy atom. The Hall–Kier alpha value is -1.65. The highest BCUT2D eigenvalue weighted by Gasteiger charge is 2.32. The van der Waals surface area contributed by atoms with Crippen molar-refractivity contribution < 1.29 is 4.79 Å². The number of halogens is 1. The second-order valence-electron chi connectivity index (χ2n) is 8.40. The Balaban J connectivity index is 1.74. The summed E-state index contributed by atoms with van der Waals surface area (Å²) in [4.78, 5) is 13.9. The number of nitriles is 1. The molecule has 2 heterocycles. The minimum Gasteiger partial charge on any atom is -0.316 e. The molecule has 0 unspecified atom stereocenters. The second kappa shape index (κ2) is 7.76. The fraction of sp³-hybridized carbons (Fsp3) is 0.550. The standard InChI is InChI=1S/C20H25BrN4OS/c1-12(10-25-11-14(21)9-23-25)18(26)24-19-16(8-22)15-6-5-13(20(2,3)4)7-17(15)27-19/h9,11-13H,5-7,10H2,1-4H3,(H,24,26)/t12-,13+/m1/s1. The van der Waals surface area contributed by atoms with Gasteiger partial charge in [-0.15, -0.1) is 11.3 Å². The van der Waals surface area contributed by atoms with E-state index in [0.29, 0.717) is 23.0 Å². The summed E-state index contributed by atoms with van der Waals surface area (Å²) in [5.74, 6) is 0.282. The van der Waals surface area contributed by atoms with E-state index >= 15 is 0 Å². The number of anilines is 1. The summed E-state index contributed by atoms with van der Waals surface area (Å²) in [5, 5.41) is 17.6. The van der Waals surface area contributed by atoms with Gasteiger partial charge in [0.05, 0.1) is 28.7 Å². The van der Waals surface area contributed by atoms with Crippen LogP contribution in [0.1, 0.15) is 50.1 Å². The molecule has 1 N–H and O–H groups in total. The molecule has 7 heteroatoms. The first-order valence-electron chi connectivity index (χ1n) is 9.22. The second-order valence-corrected chi connectivity index (χ2v) is 10.4. The third-order valence-electron chi connectivity index (χ3n) is 5.35. The summed E-state index contributed by atoms with van der Waals surface area (Å²) in [6.45, 7) is 9.20. The van der Waals surface area contributed by atoms with Crippen molar-refractivity contribution in [3.63, 3.8) is 0 Å². The predicted molar refractivity (Wildman–Crippen MR) is 112 cm³/mol. The Morgan fingerprint density at radius 3 is 2.89 bits per heavy atom. The molecule has 0 aromatic carbocycles. The van der Waals surface area contributed by atoms with Crippen molar-refractivity contribution in [3.05, 3.63) is 32.9 Å². The molecular weight excluding hydrogens is 424 g/mol. The minimum absolute atomic E-state index is 0.0795. The lowest BCUT2D eigenvalue weighted by Gasteiger charge is -2.33. The van der Waals surface area contributed by atoms with E-state index in [-0.39, 0.29) is 17.2 Å². The molecule has 1 aliphatic rings. The quantitative estimate of drug-likeness (QED) is 0.714. The number of hydrogen-bond acceptors (Lipinski definition) is 4. The first-order valence-corrected chi connectivity index (χ1v) is 10.8. The molecule has 0 bridgehead atoms. The number of nitrogens with zero attached hydrogens (tertiary/aromatic N) is 3. The maximum Gasteiger partial charge on any atom is 0.229 e. The summed E-state index contributed by atoms with van der Waals surface area (Å²) in [6, 6.07) is 2.33. The molecule has 0 saturated carbocycles. The Kier molecular flexibility index (Phi) is 5.78. The zero-order valence-electron chi connectivity index (χ0n) is 16.2. The molecule has 0 radical (unpaired) electrons. The highest BCUT2D eigenvalue weighted by molar-refractivity contribution is 9.10. The molecule has 3 rings (SSSR count). The normalized spacial score (nSPS) is 17.9. The molecule has 2 aromatic heterocycles. The van der Waals surface area contributed by atoms with Crippen LogP contribution < -0.4 is 5.32 Å². The number of hydrogen-bond donors (Lipinski definition) is 1. The van der Waals surface area contributed by atoms with Crippen LogP contribution in [0.25, 0.3) is 0 Å². The van der Waals surface area contributed by atoms with Crippen LogP contribution in [0, 0.1) is 28.6 Å². The fourth-order valence-electron chi connectivity index (χ4n) is 3.57. The van der Waals surface area contributed by atoms with E-state index in [1.165, 1.54) is 4.88 Å². The molecule has 0 spiro atoms. The number of amides is 1. The van der Waals surface area contributed by atoms with E-state index in [9.17, 15) is 10.1 Å². The third kappa shape index (κ3) is 4.44. The number of fused-ring (bicyclic) bond motifs is 1. The van der Waals surface area contributed by atoms with Gasteiger partial charge in [0.25, 0.3) is 0 Å². The average Bonchev–Trinajstić information content (AvgIpc) is 3.15. The molecule has 2 aromatic rings. The van der Waals surface area contributed by atoms with Crippen molar-refractivity contribution in [1.82, 2.24) is 9.78 Å². The summed E-state index contributed by atoms with van der Waals surface area (Å²) in [7, 11) is 0. The highest BCUT2D eigenvalue weighted by Crippen LogP contribution is 2.44. The van der Waals surface area contributed by atoms with Crippen molar-refractivity contribution >= 4 is 38.2 Å². The lowest BCUT2D eigenvalue weighted by molar-refractivity contribution is -0.119. The first-order chi connectivity index (χ1) is 12.7. The van der Waals surface area contributed by atoms with E-state index in [0.717, 1.165) is 29.3 Å². The summed E-state index contributed by atoms with van der Waals surface area (Å²) >= 11 is 4.94. The van der Waals surface area contributed by atoms with Gasteiger partial charge in [0.1, 0.15) is 11.1 Å². The van der Waals surface area contributed by atoms with Crippen LogP contribution in [-0.4, -0.2) is 15.7 Å². The number of thiophene rings is 1. The zero-order valence-corrected chi connectivity index (χ0v) is 18.6. The molecule has 1 aliphatic carbocycles. The van der Waals surface area contributed by atoms with Crippen molar-refractivity contribution in [2.75, 3.05) is 5.32 Å². The van der Waals surface area contributed by atoms with Gasteiger partial charge in [-0.3, -0.25) is 9.48 Å². The Bertz CT molecular complexity index is 887. The van der Waals surface area contributed by atoms with Crippen LogP contribution in [0.15, 0.2) is 16.9 Å². The maximum atomic E-state index is 12.7. The van der Waals surface area contributed by atoms with Crippen LogP contribution in [-0.2, 0) is 24.2 Å². The van der Waals surface area contributed by atoms with Gasteiger partial charge < -0.3 is 5.32 Å². The van der Waals surface area contributed by atoms with Crippen molar-refractivity contribution in [2.24, 2.45) is 17.3 Å². The van der Waals surface area contributed by atoms with Crippen LogP contribution in [0.4, 0.5) is 5.00 Å². The molecule has 27 heavy (non-hydrogen) atoms. The van der Waals surface area contributed by atoms with Crippen LogP contribution in [0.3, 0.4) is 0 Å². The predicted octanol–water partition coefficient (Wildman–Crippen LogP) is 5.00.